The van der Waals surface area contributed by atoms with Gasteiger partial charge in [0, 0.05) is 23.3 Å². The van der Waals surface area contributed by atoms with Crippen molar-refractivity contribution in [3.8, 4) is 17.1 Å². The third-order valence-electron chi connectivity index (χ3n) is 3.85. The number of ether oxygens (including phenoxy) is 1. The van der Waals surface area contributed by atoms with E-state index in [2.05, 4.69) is 15.3 Å². The van der Waals surface area contributed by atoms with Crippen LogP contribution in [0.1, 0.15) is 5.69 Å². The summed E-state index contributed by atoms with van der Waals surface area (Å²) in [5.74, 6) is -0.200. The molecule has 5 nitrogen and oxygen atoms in total. The van der Waals surface area contributed by atoms with Gasteiger partial charge in [-0.3, -0.25) is 4.40 Å². The average molecular weight is 354 g/mol. The fraction of sp³-hybridized carbons (Fsp3) is 0.111. The van der Waals surface area contributed by atoms with Crippen molar-refractivity contribution in [3.05, 3.63) is 59.5 Å². The Hall–Kier alpha value is -2.93. The number of imidazole rings is 1. The van der Waals surface area contributed by atoms with E-state index in [-0.39, 0.29) is 5.75 Å². The first kappa shape index (κ1) is 15.6. The van der Waals surface area contributed by atoms with E-state index in [1.807, 2.05) is 41.1 Å². The minimum Gasteiger partial charge on any atom is -0.494 e. The molecule has 0 bridgehead atoms. The molecule has 0 radical (unpaired) electrons. The van der Waals surface area contributed by atoms with Crippen LogP contribution in [0, 0.1) is 12.7 Å². The minimum absolute atomic E-state index is 0.215. The second-order valence-electron chi connectivity index (χ2n) is 5.49. The van der Waals surface area contributed by atoms with Gasteiger partial charge in [0.15, 0.2) is 16.7 Å². The van der Waals surface area contributed by atoms with Crippen molar-refractivity contribution >= 4 is 27.8 Å². The summed E-state index contributed by atoms with van der Waals surface area (Å²) in [5.41, 5.74) is 4.21. The summed E-state index contributed by atoms with van der Waals surface area (Å²) in [7, 11) is 1.44. The average Bonchev–Trinajstić information content (AvgIpc) is 3.18. The molecule has 0 aliphatic rings. The van der Waals surface area contributed by atoms with Crippen molar-refractivity contribution in [2.75, 3.05) is 12.4 Å². The number of aryl methyl sites for hydroxylation is 1. The van der Waals surface area contributed by atoms with Gasteiger partial charge in [-0.25, -0.2) is 14.4 Å². The van der Waals surface area contributed by atoms with Crippen LogP contribution in [-0.4, -0.2) is 21.5 Å². The molecular formula is C18H15FN4OS. The Morgan fingerprint density at radius 2 is 2.08 bits per heavy atom. The highest BCUT2D eigenvalue weighted by molar-refractivity contribution is 7.14. The van der Waals surface area contributed by atoms with Crippen molar-refractivity contribution < 1.29 is 9.13 Å². The zero-order chi connectivity index (χ0) is 17.4. The number of nitrogens with zero attached hydrogens (tertiary/aromatic N) is 3. The number of rotatable bonds is 4. The lowest BCUT2D eigenvalue weighted by Gasteiger charge is -2.05. The number of hydrogen-bond acceptors (Lipinski definition) is 5. The monoisotopic (exact) mass is 354 g/mol. The highest BCUT2D eigenvalue weighted by Gasteiger charge is 2.14. The van der Waals surface area contributed by atoms with Crippen molar-refractivity contribution in [1.29, 1.82) is 0 Å². The number of halogens is 1. The van der Waals surface area contributed by atoms with Gasteiger partial charge in [-0.1, -0.05) is 6.07 Å². The first-order valence-electron chi connectivity index (χ1n) is 7.66. The van der Waals surface area contributed by atoms with E-state index in [9.17, 15) is 4.39 Å². The Morgan fingerprint density at radius 3 is 2.88 bits per heavy atom. The summed E-state index contributed by atoms with van der Waals surface area (Å²) in [6, 6.07) is 10.6. The fourth-order valence-electron chi connectivity index (χ4n) is 2.73. The number of pyridine rings is 1. The lowest BCUT2D eigenvalue weighted by atomic mass is 10.3. The molecule has 1 N–H and O–H groups in total. The first-order valence-corrected chi connectivity index (χ1v) is 8.54. The molecule has 25 heavy (non-hydrogen) atoms. The molecule has 4 aromatic rings. The summed E-state index contributed by atoms with van der Waals surface area (Å²) in [6.45, 7) is 1.97. The van der Waals surface area contributed by atoms with Crippen molar-refractivity contribution in [1.82, 2.24) is 14.4 Å². The van der Waals surface area contributed by atoms with Gasteiger partial charge in [0.2, 0.25) is 0 Å². The number of aromatic nitrogens is 3. The molecule has 0 spiro atoms. The number of nitrogens with one attached hydrogen (secondary N) is 1. The van der Waals surface area contributed by atoms with Crippen LogP contribution in [0.15, 0.2) is 48.0 Å². The molecule has 0 aliphatic carbocycles. The summed E-state index contributed by atoms with van der Waals surface area (Å²) >= 11 is 1.46. The van der Waals surface area contributed by atoms with Crippen LogP contribution >= 0.6 is 11.3 Å². The molecule has 0 saturated heterocycles. The number of thiazole rings is 1. The molecule has 0 amide bonds. The second kappa shape index (κ2) is 6.18. The maximum Gasteiger partial charge on any atom is 0.187 e. The molecule has 3 aromatic heterocycles. The van der Waals surface area contributed by atoms with Gasteiger partial charge < -0.3 is 10.1 Å². The maximum absolute atomic E-state index is 13.8. The Kier molecular flexibility index (Phi) is 3.85. The van der Waals surface area contributed by atoms with Crippen LogP contribution in [-0.2, 0) is 0 Å². The quantitative estimate of drug-likeness (QED) is 0.579. The molecule has 0 saturated carbocycles. The van der Waals surface area contributed by atoms with E-state index < -0.39 is 5.82 Å². The van der Waals surface area contributed by atoms with Crippen LogP contribution in [0.5, 0.6) is 5.75 Å². The fourth-order valence-corrected chi connectivity index (χ4v) is 3.45. The lowest BCUT2D eigenvalue weighted by molar-refractivity contribution is 0.386. The Morgan fingerprint density at radius 1 is 1.20 bits per heavy atom. The van der Waals surface area contributed by atoms with E-state index in [1.165, 1.54) is 24.5 Å². The largest absolute Gasteiger partial charge is 0.494 e. The lowest BCUT2D eigenvalue weighted by Crippen LogP contribution is -1.94. The predicted octanol–water partition coefficient (Wildman–Crippen LogP) is 4.66. The molecule has 0 aliphatic heterocycles. The summed E-state index contributed by atoms with van der Waals surface area (Å²) < 4.78 is 20.8. The third-order valence-corrected chi connectivity index (χ3v) is 4.61. The molecule has 126 valence electrons. The van der Waals surface area contributed by atoms with E-state index in [4.69, 9.17) is 4.74 Å². The normalized spacial score (nSPS) is 11.0. The van der Waals surface area contributed by atoms with E-state index >= 15 is 0 Å². The molecule has 1 aromatic carbocycles. The molecule has 3 heterocycles. The van der Waals surface area contributed by atoms with E-state index in [1.54, 1.807) is 12.1 Å². The smallest absolute Gasteiger partial charge is 0.187 e. The standard InChI is InChI=1S/C18H15FN4OS/c1-11-17(23-8-4-3-5-16(23)20-11)14-10-25-18(22-14)21-12-6-7-15(24-2)13(19)9-12/h3-10H,1-2H3,(H,21,22). The van der Waals surface area contributed by atoms with Gasteiger partial charge >= 0.3 is 0 Å². The third kappa shape index (κ3) is 2.83. The molecule has 7 heteroatoms. The number of fused-ring (bicyclic) bond motifs is 1. The SMILES string of the molecule is COc1ccc(Nc2nc(-c3c(C)nc4ccccn34)cs2)cc1F. The van der Waals surface area contributed by atoms with Gasteiger partial charge in [0.05, 0.1) is 18.5 Å². The van der Waals surface area contributed by atoms with Crippen LogP contribution in [0.25, 0.3) is 17.0 Å². The molecule has 0 unspecified atom stereocenters. The van der Waals surface area contributed by atoms with Crippen molar-refractivity contribution in [3.63, 3.8) is 0 Å². The van der Waals surface area contributed by atoms with Crippen molar-refractivity contribution in [2.45, 2.75) is 6.92 Å². The van der Waals surface area contributed by atoms with E-state index in [0.717, 1.165) is 22.7 Å². The Bertz CT molecular complexity index is 1060. The zero-order valence-electron chi connectivity index (χ0n) is 13.7. The van der Waals surface area contributed by atoms with Gasteiger partial charge in [0.1, 0.15) is 11.3 Å². The highest BCUT2D eigenvalue weighted by atomic mass is 32.1. The summed E-state index contributed by atoms with van der Waals surface area (Å²) in [5, 5.41) is 5.78. The molecule has 0 atom stereocenters. The predicted molar refractivity (Wildman–Crippen MR) is 97.3 cm³/mol. The van der Waals surface area contributed by atoms with Gasteiger partial charge in [-0.15, -0.1) is 11.3 Å². The van der Waals surface area contributed by atoms with Crippen LogP contribution < -0.4 is 10.1 Å². The Balaban J connectivity index is 1.66. The minimum atomic E-state index is -0.415. The number of hydrogen-bond donors (Lipinski definition) is 1. The molecule has 4 rings (SSSR count). The van der Waals surface area contributed by atoms with Crippen LogP contribution in [0.3, 0.4) is 0 Å². The molecular weight excluding hydrogens is 339 g/mol. The number of benzene rings is 1. The second-order valence-corrected chi connectivity index (χ2v) is 6.34. The number of anilines is 2. The zero-order valence-corrected chi connectivity index (χ0v) is 14.5. The summed E-state index contributed by atoms with van der Waals surface area (Å²) in [4.78, 5) is 9.18. The Labute approximate surface area is 147 Å². The van der Waals surface area contributed by atoms with Gasteiger partial charge in [0.25, 0.3) is 0 Å². The van der Waals surface area contributed by atoms with Gasteiger partial charge in [-0.05, 0) is 31.2 Å². The highest BCUT2D eigenvalue weighted by Crippen LogP contribution is 2.30. The first-order chi connectivity index (χ1) is 12.2. The number of methoxy groups -OCH3 is 1. The summed E-state index contributed by atoms with van der Waals surface area (Å²) in [6.07, 6.45) is 1.97. The van der Waals surface area contributed by atoms with Crippen LogP contribution in [0.2, 0.25) is 0 Å². The topological polar surface area (TPSA) is 51.5 Å². The molecule has 0 fully saturated rings. The van der Waals surface area contributed by atoms with Crippen LogP contribution in [0.4, 0.5) is 15.2 Å². The van der Waals surface area contributed by atoms with E-state index in [0.29, 0.717) is 10.8 Å². The van der Waals surface area contributed by atoms with Crippen molar-refractivity contribution in [2.24, 2.45) is 0 Å². The maximum atomic E-state index is 13.8. The van der Waals surface area contributed by atoms with Gasteiger partial charge in [-0.2, -0.15) is 0 Å².